The molecular weight excluding hydrogens is 380 g/mol. The average molecular weight is 404 g/mol. The van der Waals surface area contributed by atoms with E-state index in [2.05, 4.69) is 15.6 Å². The molecule has 0 aliphatic carbocycles. The Balaban J connectivity index is 1.48. The SMILES string of the molecule is COc1ccc(S(=O)(=O)N2CCC(NC(=O)NCc3cccnc3)CC2)cc1. The number of pyridine rings is 1. The third kappa shape index (κ3) is 4.99. The molecule has 1 aliphatic rings. The Morgan fingerprint density at radius 3 is 2.54 bits per heavy atom. The zero-order chi connectivity index (χ0) is 20.0. The number of nitrogens with zero attached hydrogens (tertiary/aromatic N) is 2. The van der Waals surface area contributed by atoms with Gasteiger partial charge in [0, 0.05) is 38.1 Å². The van der Waals surface area contributed by atoms with E-state index >= 15 is 0 Å². The molecule has 1 aromatic carbocycles. The molecule has 2 amide bonds. The van der Waals surface area contributed by atoms with Crippen molar-refractivity contribution in [3.8, 4) is 5.75 Å². The first kappa shape index (κ1) is 20.1. The van der Waals surface area contributed by atoms with Crippen LogP contribution in [0.4, 0.5) is 4.79 Å². The Labute approximate surface area is 165 Å². The molecule has 8 nitrogen and oxygen atoms in total. The molecule has 28 heavy (non-hydrogen) atoms. The molecule has 3 rings (SSSR count). The number of nitrogens with one attached hydrogen (secondary N) is 2. The van der Waals surface area contributed by atoms with Crippen LogP contribution in [0.3, 0.4) is 0 Å². The molecule has 0 spiro atoms. The normalized spacial score (nSPS) is 15.8. The second-order valence-electron chi connectivity index (χ2n) is 6.54. The molecule has 0 unspecified atom stereocenters. The highest BCUT2D eigenvalue weighted by Crippen LogP contribution is 2.22. The summed E-state index contributed by atoms with van der Waals surface area (Å²) >= 11 is 0. The molecule has 9 heteroatoms. The van der Waals surface area contributed by atoms with Crippen LogP contribution in [0.5, 0.6) is 5.75 Å². The molecule has 0 bridgehead atoms. The van der Waals surface area contributed by atoms with Crippen molar-refractivity contribution in [3.63, 3.8) is 0 Å². The maximum Gasteiger partial charge on any atom is 0.315 e. The molecule has 1 saturated heterocycles. The topological polar surface area (TPSA) is 101 Å². The van der Waals surface area contributed by atoms with Gasteiger partial charge < -0.3 is 15.4 Å². The minimum atomic E-state index is -3.54. The number of hydrogen-bond acceptors (Lipinski definition) is 5. The first-order valence-corrected chi connectivity index (χ1v) is 10.5. The van der Waals surface area contributed by atoms with Crippen LogP contribution in [-0.2, 0) is 16.6 Å². The Hall–Kier alpha value is -2.65. The number of benzene rings is 1. The van der Waals surface area contributed by atoms with Gasteiger partial charge in [-0.1, -0.05) is 6.07 Å². The number of urea groups is 1. The molecule has 0 radical (unpaired) electrons. The molecule has 2 heterocycles. The first-order valence-electron chi connectivity index (χ1n) is 9.06. The number of rotatable bonds is 6. The third-order valence-corrected chi connectivity index (χ3v) is 6.58. The van der Waals surface area contributed by atoms with Crippen molar-refractivity contribution in [2.24, 2.45) is 0 Å². The summed E-state index contributed by atoms with van der Waals surface area (Å²) in [6, 6.07) is 9.73. The number of carbonyl (C=O) groups is 1. The minimum Gasteiger partial charge on any atom is -0.497 e. The lowest BCUT2D eigenvalue weighted by Gasteiger charge is -2.31. The Bertz CT molecular complexity index is 880. The molecule has 0 atom stereocenters. The Morgan fingerprint density at radius 2 is 1.93 bits per heavy atom. The van der Waals surface area contributed by atoms with E-state index in [4.69, 9.17) is 4.74 Å². The van der Waals surface area contributed by atoms with Crippen LogP contribution in [0, 0.1) is 0 Å². The fourth-order valence-electron chi connectivity index (χ4n) is 3.06. The summed E-state index contributed by atoms with van der Waals surface area (Å²) < 4.78 is 32.0. The van der Waals surface area contributed by atoms with Gasteiger partial charge in [0.1, 0.15) is 5.75 Å². The number of carbonyl (C=O) groups excluding carboxylic acids is 1. The van der Waals surface area contributed by atoms with Crippen LogP contribution in [0.25, 0.3) is 0 Å². The monoisotopic (exact) mass is 404 g/mol. The average Bonchev–Trinajstić information content (AvgIpc) is 2.73. The van der Waals surface area contributed by atoms with Crippen LogP contribution < -0.4 is 15.4 Å². The van der Waals surface area contributed by atoms with E-state index < -0.39 is 10.0 Å². The number of piperidine rings is 1. The number of aromatic nitrogens is 1. The van der Waals surface area contributed by atoms with Crippen LogP contribution in [0.15, 0.2) is 53.7 Å². The van der Waals surface area contributed by atoms with Crippen molar-refractivity contribution in [1.82, 2.24) is 19.9 Å². The zero-order valence-electron chi connectivity index (χ0n) is 15.7. The van der Waals surface area contributed by atoms with Gasteiger partial charge in [-0.15, -0.1) is 0 Å². The maximum atomic E-state index is 12.8. The predicted octanol–water partition coefficient (Wildman–Crippen LogP) is 1.74. The number of amides is 2. The Kier molecular flexibility index (Phi) is 6.48. The molecule has 2 N–H and O–H groups in total. The molecule has 1 aromatic heterocycles. The fourth-order valence-corrected chi connectivity index (χ4v) is 4.53. The Morgan fingerprint density at radius 1 is 1.21 bits per heavy atom. The quantitative estimate of drug-likeness (QED) is 0.764. The van der Waals surface area contributed by atoms with Crippen molar-refractivity contribution in [1.29, 1.82) is 0 Å². The summed E-state index contributed by atoms with van der Waals surface area (Å²) in [6.45, 7) is 1.12. The van der Waals surface area contributed by atoms with E-state index in [1.165, 1.54) is 11.4 Å². The lowest BCUT2D eigenvalue weighted by Crippen LogP contribution is -2.48. The third-order valence-electron chi connectivity index (χ3n) is 4.66. The lowest BCUT2D eigenvalue weighted by atomic mass is 10.1. The van der Waals surface area contributed by atoms with Gasteiger partial charge in [-0.3, -0.25) is 4.98 Å². The van der Waals surface area contributed by atoms with Crippen molar-refractivity contribution in [2.75, 3.05) is 20.2 Å². The summed E-state index contributed by atoms with van der Waals surface area (Å²) in [5.41, 5.74) is 0.915. The number of hydrogen-bond donors (Lipinski definition) is 2. The van der Waals surface area contributed by atoms with Crippen LogP contribution in [0.2, 0.25) is 0 Å². The van der Waals surface area contributed by atoms with Gasteiger partial charge in [-0.25, -0.2) is 13.2 Å². The highest BCUT2D eigenvalue weighted by Gasteiger charge is 2.29. The van der Waals surface area contributed by atoms with Gasteiger partial charge in [-0.05, 0) is 48.7 Å². The fraction of sp³-hybridized carbons (Fsp3) is 0.368. The summed E-state index contributed by atoms with van der Waals surface area (Å²) in [6.07, 6.45) is 4.51. The van der Waals surface area contributed by atoms with Crippen molar-refractivity contribution in [3.05, 3.63) is 54.4 Å². The van der Waals surface area contributed by atoms with Gasteiger partial charge in [0.05, 0.1) is 12.0 Å². The highest BCUT2D eigenvalue weighted by molar-refractivity contribution is 7.89. The molecule has 2 aromatic rings. The molecule has 1 aliphatic heterocycles. The van der Waals surface area contributed by atoms with Gasteiger partial charge in [-0.2, -0.15) is 4.31 Å². The van der Waals surface area contributed by atoms with Crippen molar-refractivity contribution >= 4 is 16.1 Å². The number of sulfonamides is 1. The summed E-state index contributed by atoms with van der Waals surface area (Å²) in [5.74, 6) is 0.610. The standard InChI is InChI=1S/C19H24N4O4S/c1-27-17-4-6-18(7-5-17)28(25,26)23-11-8-16(9-12-23)22-19(24)21-14-15-3-2-10-20-13-15/h2-7,10,13,16H,8-9,11-12,14H2,1H3,(H2,21,22,24). The summed E-state index contributed by atoms with van der Waals surface area (Å²) in [7, 11) is -2.01. The molecule has 0 saturated carbocycles. The van der Waals surface area contributed by atoms with Crippen LogP contribution in [0.1, 0.15) is 18.4 Å². The number of ether oxygens (including phenoxy) is 1. The van der Waals surface area contributed by atoms with Gasteiger partial charge in [0.25, 0.3) is 0 Å². The first-order chi connectivity index (χ1) is 13.5. The van der Waals surface area contributed by atoms with E-state index in [0.717, 1.165) is 5.56 Å². The van der Waals surface area contributed by atoms with Crippen molar-refractivity contribution in [2.45, 2.75) is 30.3 Å². The minimum absolute atomic E-state index is 0.0591. The summed E-state index contributed by atoms with van der Waals surface area (Å²) in [5, 5.41) is 5.70. The van der Waals surface area contributed by atoms with E-state index in [0.29, 0.717) is 38.2 Å². The van der Waals surface area contributed by atoms with E-state index in [1.54, 1.807) is 36.7 Å². The van der Waals surface area contributed by atoms with Gasteiger partial charge in [0.2, 0.25) is 10.0 Å². The second kappa shape index (κ2) is 9.03. The number of methoxy groups -OCH3 is 1. The van der Waals surface area contributed by atoms with E-state index in [9.17, 15) is 13.2 Å². The second-order valence-corrected chi connectivity index (χ2v) is 8.48. The smallest absolute Gasteiger partial charge is 0.315 e. The predicted molar refractivity (Wildman–Crippen MR) is 104 cm³/mol. The van der Waals surface area contributed by atoms with E-state index in [1.807, 2.05) is 12.1 Å². The van der Waals surface area contributed by atoms with Crippen molar-refractivity contribution < 1.29 is 17.9 Å². The largest absolute Gasteiger partial charge is 0.497 e. The van der Waals surface area contributed by atoms with Crippen LogP contribution in [-0.4, -0.2) is 50.0 Å². The zero-order valence-corrected chi connectivity index (χ0v) is 16.5. The van der Waals surface area contributed by atoms with Crippen LogP contribution >= 0.6 is 0 Å². The molecule has 150 valence electrons. The highest BCUT2D eigenvalue weighted by atomic mass is 32.2. The maximum absolute atomic E-state index is 12.8. The summed E-state index contributed by atoms with van der Waals surface area (Å²) in [4.78, 5) is 16.3. The van der Waals surface area contributed by atoms with Gasteiger partial charge >= 0.3 is 6.03 Å². The van der Waals surface area contributed by atoms with E-state index in [-0.39, 0.29) is 17.0 Å². The molecule has 1 fully saturated rings. The lowest BCUT2D eigenvalue weighted by molar-refractivity contribution is 0.227. The molecular formula is C19H24N4O4S. The van der Waals surface area contributed by atoms with Gasteiger partial charge in [0.15, 0.2) is 0 Å².